The van der Waals surface area contributed by atoms with Crippen molar-refractivity contribution in [3.8, 4) is 17.1 Å². The largest absolute Gasteiger partial charge is 0.503 e. The molecule has 3 aromatic rings. The van der Waals surface area contributed by atoms with Crippen molar-refractivity contribution in [1.29, 1.82) is 0 Å². The number of furan rings is 1. The number of Topliss-reactive ketones (excluding diaryl/α,β-unsaturated/α-hetero) is 1. The number of carbonyl (C=O) groups excluding carboxylic acids is 2. The Kier molecular flexibility index (Phi) is 6.09. The van der Waals surface area contributed by atoms with Crippen LogP contribution in [0, 0.1) is 12.8 Å². The highest BCUT2D eigenvalue weighted by atomic mass is 16.5. The Labute approximate surface area is 193 Å². The van der Waals surface area contributed by atoms with E-state index in [2.05, 4.69) is 0 Å². The minimum absolute atomic E-state index is 0.0799. The molecule has 6 heteroatoms. The summed E-state index contributed by atoms with van der Waals surface area (Å²) in [5, 5.41) is 10.8. The lowest BCUT2D eigenvalue weighted by Crippen LogP contribution is -2.31. The normalized spacial score (nSPS) is 16.1. The molecule has 0 aliphatic carbocycles. The van der Waals surface area contributed by atoms with Crippen molar-refractivity contribution in [2.45, 2.75) is 33.2 Å². The van der Waals surface area contributed by atoms with Gasteiger partial charge < -0.3 is 14.3 Å². The van der Waals surface area contributed by atoms with Gasteiger partial charge in [-0.15, -0.1) is 0 Å². The van der Waals surface area contributed by atoms with Crippen LogP contribution in [0.4, 0.5) is 5.69 Å². The van der Waals surface area contributed by atoms with Gasteiger partial charge in [0.15, 0.2) is 11.5 Å². The van der Waals surface area contributed by atoms with Gasteiger partial charge in [-0.05, 0) is 55.3 Å². The molecule has 0 saturated carbocycles. The number of carbonyl (C=O) groups is 2. The monoisotopic (exact) mass is 445 g/mol. The third-order valence-corrected chi connectivity index (χ3v) is 5.71. The van der Waals surface area contributed by atoms with Gasteiger partial charge in [0.1, 0.15) is 17.3 Å². The number of aliphatic hydroxyl groups is 1. The quantitative estimate of drug-likeness (QED) is 0.499. The van der Waals surface area contributed by atoms with Crippen LogP contribution in [0.1, 0.15) is 37.6 Å². The van der Waals surface area contributed by atoms with E-state index in [-0.39, 0.29) is 23.7 Å². The Morgan fingerprint density at radius 3 is 2.39 bits per heavy atom. The van der Waals surface area contributed by atoms with Crippen LogP contribution in [0.2, 0.25) is 0 Å². The minimum Gasteiger partial charge on any atom is -0.503 e. The summed E-state index contributed by atoms with van der Waals surface area (Å²) >= 11 is 0. The summed E-state index contributed by atoms with van der Waals surface area (Å²) in [7, 11) is 1.54. The van der Waals surface area contributed by atoms with Gasteiger partial charge in [0.2, 0.25) is 0 Å². The molecule has 33 heavy (non-hydrogen) atoms. The van der Waals surface area contributed by atoms with Crippen LogP contribution < -0.4 is 9.64 Å². The molecule has 4 rings (SSSR count). The maximum absolute atomic E-state index is 13.3. The lowest BCUT2D eigenvalue weighted by atomic mass is 9.91. The predicted octanol–water partition coefficient (Wildman–Crippen LogP) is 5.78. The van der Waals surface area contributed by atoms with Gasteiger partial charge in [-0.3, -0.25) is 14.5 Å². The fraction of sp³-hybridized carbons (Fsp3) is 0.259. The van der Waals surface area contributed by atoms with Gasteiger partial charge in [0, 0.05) is 23.2 Å². The molecule has 0 spiro atoms. The highest BCUT2D eigenvalue weighted by molar-refractivity contribution is 6.16. The first-order chi connectivity index (χ1) is 15.8. The predicted molar refractivity (Wildman–Crippen MR) is 126 cm³/mol. The second kappa shape index (κ2) is 8.98. The summed E-state index contributed by atoms with van der Waals surface area (Å²) in [5.41, 5.74) is 2.15. The van der Waals surface area contributed by atoms with Gasteiger partial charge in [0.05, 0.1) is 18.7 Å². The number of ether oxygens (including phenoxy) is 1. The van der Waals surface area contributed by atoms with Crippen LogP contribution in [0.5, 0.6) is 5.75 Å². The highest BCUT2D eigenvalue weighted by Gasteiger charge is 2.45. The van der Waals surface area contributed by atoms with E-state index in [1.165, 1.54) is 4.90 Å². The third kappa shape index (κ3) is 4.16. The van der Waals surface area contributed by atoms with Crippen molar-refractivity contribution in [3.05, 3.63) is 83.3 Å². The van der Waals surface area contributed by atoms with E-state index in [9.17, 15) is 14.7 Å². The second-order valence-electron chi connectivity index (χ2n) is 8.56. The van der Waals surface area contributed by atoms with Crippen molar-refractivity contribution in [2.75, 3.05) is 12.0 Å². The lowest BCUT2D eigenvalue weighted by Gasteiger charge is -2.28. The zero-order valence-electron chi connectivity index (χ0n) is 19.2. The molecule has 1 N–H and O–H groups in total. The highest BCUT2D eigenvalue weighted by Crippen LogP contribution is 2.44. The molecule has 1 amide bonds. The molecule has 2 heterocycles. The number of para-hydroxylation sites is 1. The van der Waals surface area contributed by atoms with E-state index in [0.29, 0.717) is 17.0 Å². The summed E-state index contributed by atoms with van der Waals surface area (Å²) in [6.07, 6.45) is 0.225. The van der Waals surface area contributed by atoms with Gasteiger partial charge in [0.25, 0.3) is 5.91 Å². The van der Waals surface area contributed by atoms with Crippen LogP contribution in [0.15, 0.2) is 76.4 Å². The number of aryl methyl sites for hydroxylation is 1. The van der Waals surface area contributed by atoms with E-state index in [1.54, 1.807) is 25.3 Å². The number of ketones is 1. The molecule has 0 bridgehead atoms. The van der Waals surface area contributed by atoms with Crippen molar-refractivity contribution >= 4 is 17.4 Å². The smallest absolute Gasteiger partial charge is 0.294 e. The first-order valence-corrected chi connectivity index (χ1v) is 10.9. The SMILES string of the molecule is COc1ccccc1C1C(C(=O)CC(C)C)=C(O)C(=O)N1c1ccc(-c2ccc(C)o2)cc1. The molecule has 6 nitrogen and oxygen atoms in total. The standard InChI is InChI=1S/C27H27NO5/c1-16(2)15-21(29)24-25(20-7-5-6-8-23(20)32-4)28(27(31)26(24)30)19-12-10-18(11-13-19)22-14-9-17(3)33-22/h5-14,16,25,30H,15H2,1-4H3. The number of nitrogens with zero attached hydrogens (tertiary/aromatic N) is 1. The number of hydrogen-bond donors (Lipinski definition) is 1. The molecule has 1 unspecified atom stereocenters. The van der Waals surface area contributed by atoms with Crippen LogP contribution >= 0.6 is 0 Å². The first-order valence-electron chi connectivity index (χ1n) is 10.9. The Balaban J connectivity index is 1.81. The summed E-state index contributed by atoms with van der Waals surface area (Å²) < 4.78 is 11.2. The molecule has 2 aromatic carbocycles. The number of anilines is 1. The molecular formula is C27H27NO5. The second-order valence-corrected chi connectivity index (χ2v) is 8.56. The Bertz CT molecular complexity index is 1220. The van der Waals surface area contributed by atoms with Gasteiger partial charge in [-0.1, -0.05) is 32.0 Å². The Morgan fingerprint density at radius 2 is 1.79 bits per heavy atom. The van der Waals surface area contributed by atoms with Crippen molar-refractivity contribution in [2.24, 2.45) is 5.92 Å². The average molecular weight is 446 g/mol. The molecule has 0 fully saturated rings. The number of aliphatic hydroxyl groups excluding tert-OH is 1. The summed E-state index contributed by atoms with van der Waals surface area (Å²) in [5.74, 6) is 0.770. The van der Waals surface area contributed by atoms with E-state index >= 15 is 0 Å². The number of amides is 1. The molecule has 1 aliphatic heterocycles. The number of rotatable bonds is 7. The minimum atomic E-state index is -0.795. The van der Waals surface area contributed by atoms with Crippen LogP contribution in [0.25, 0.3) is 11.3 Å². The first kappa shape index (κ1) is 22.4. The Morgan fingerprint density at radius 1 is 1.09 bits per heavy atom. The summed E-state index contributed by atoms with van der Waals surface area (Å²) in [6.45, 7) is 5.73. The zero-order valence-corrected chi connectivity index (χ0v) is 19.2. The fourth-order valence-electron chi connectivity index (χ4n) is 4.20. The van der Waals surface area contributed by atoms with Crippen LogP contribution in [-0.2, 0) is 9.59 Å². The van der Waals surface area contributed by atoms with Gasteiger partial charge >= 0.3 is 0 Å². The summed E-state index contributed by atoms with van der Waals surface area (Å²) in [6, 6.07) is 17.5. The van der Waals surface area contributed by atoms with Crippen LogP contribution in [-0.4, -0.2) is 23.9 Å². The maximum Gasteiger partial charge on any atom is 0.294 e. The Hall–Kier alpha value is -3.80. The van der Waals surface area contributed by atoms with E-state index in [4.69, 9.17) is 9.15 Å². The van der Waals surface area contributed by atoms with Crippen LogP contribution in [0.3, 0.4) is 0 Å². The van der Waals surface area contributed by atoms with Gasteiger partial charge in [-0.2, -0.15) is 0 Å². The molecule has 1 atom stereocenters. The molecule has 170 valence electrons. The van der Waals surface area contributed by atoms with Crippen molar-refractivity contribution in [3.63, 3.8) is 0 Å². The lowest BCUT2D eigenvalue weighted by molar-refractivity contribution is -0.118. The van der Waals surface area contributed by atoms with Gasteiger partial charge in [-0.25, -0.2) is 0 Å². The van der Waals surface area contributed by atoms with Crippen molar-refractivity contribution < 1.29 is 23.8 Å². The average Bonchev–Trinajstić information content (AvgIpc) is 3.34. The number of methoxy groups -OCH3 is 1. The van der Waals surface area contributed by atoms with Crippen molar-refractivity contribution in [1.82, 2.24) is 0 Å². The maximum atomic E-state index is 13.3. The molecule has 0 radical (unpaired) electrons. The zero-order chi connectivity index (χ0) is 23.7. The molecular weight excluding hydrogens is 418 g/mol. The fourth-order valence-corrected chi connectivity index (χ4v) is 4.20. The molecule has 1 aromatic heterocycles. The number of hydrogen-bond acceptors (Lipinski definition) is 5. The van der Waals surface area contributed by atoms with E-state index in [0.717, 1.165) is 17.1 Å². The third-order valence-electron chi connectivity index (χ3n) is 5.71. The van der Waals surface area contributed by atoms with E-state index in [1.807, 2.05) is 63.2 Å². The molecule has 0 saturated heterocycles. The van der Waals surface area contributed by atoms with E-state index < -0.39 is 17.7 Å². The molecule has 1 aliphatic rings. The number of benzene rings is 2. The topological polar surface area (TPSA) is 80.0 Å². The summed E-state index contributed by atoms with van der Waals surface area (Å²) in [4.78, 5) is 27.9.